The monoisotopic (exact) mass is 465 g/mol. The molecule has 0 bridgehead atoms. The number of anilines is 1. The van der Waals surface area contributed by atoms with E-state index in [9.17, 15) is 18.0 Å². The summed E-state index contributed by atoms with van der Waals surface area (Å²) in [4.78, 5) is 23.6. The second kappa shape index (κ2) is 8.79. The number of hydrogen-bond acceptors (Lipinski definition) is 6. The Morgan fingerprint density at radius 3 is 2.36 bits per heavy atom. The predicted octanol–water partition coefficient (Wildman–Crippen LogP) is 4.60. The van der Waals surface area contributed by atoms with Crippen LogP contribution in [-0.4, -0.2) is 25.5 Å². The van der Waals surface area contributed by atoms with Crippen molar-refractivity contribution in [1.29, 1.82) is 0 Å². The van der Waals surface area contributed by atoms with Crippen LogP contribution in [0, 0.1) is 6.92 Å². The van der Waals surface area contributed by atoms with Gasteiger partial charge in [-0.25, -0.2) is 18.0 Å². The van der Waals surface area contributed by atoms with Crippen molar-refractivity contribution in [1.82, 2.24) is 0 Å². The third kappa shape index (κ3) is 4.73. The lowest BCUT2D eigenvalue weighted by Gasteiger charge is -2.09. The van der Waals surface area contributed by atoms with Crippen molar-refractivity contribution >= 4 is 38.6 Å². The van der Waals surface area contributed by atoms with E-state index in [1.165, 1.54) is 36.4 Å². The van der Waals surface area contributed by atoms with E-state index in [0.717, 1.165) is 5.56 Å². The summed E-state index contributed by atoms with van der Waals surface area (Å²) in [7, 11) is -3.99. The minimum absolute atomic E-state index is 0.0251. The highest BCUT2D eigenvalue weighted by molar-refractivity contribution is 7.92. The van der Waals surface area contributed by atoms with Crippen LogP contribution < -0.4 is 4.72 Å². The van der Waals surface area contributed by atoms with Crippen molar-refractivity contribution in [3.05, 3.63) is 95.2 Å². The van der Waals surface area contributed by atoms with Gasteiger partial charge in [0.05, 0.1) is 10.5 Å². The first kappa shape index (κ1) is 22.1. The fourth-order valence-electron chi connectivity index (χ4n) is 3.32. The number of benzene rings is 3. The number of aryl methyl sites for hydroxylation is 1. The number of nitrogens with one attached hydrogen (secondary N) is 1. The van der Waals surface area contributed by atoms with Gasteiger partial charge < -0.3 is 14.3 Å². The Bertz CT molecular complexity index is 1440. The van der Waals surface area contributed by atoms with Crippen molar-refractivity contribution in [3.8, 4) is 0 Å². The van der Waals surface area contributed by atoms with E-state index in [0.29, 0.717) is 16.7 Å². The number of rotatable bonds is 7. The SMILES string of the molecule is Cc1oc2ccc(NS(=O)(=O)c3ccc(C(=O)O)cc3)cc2c1C(=O)OCc1ccccc1. The summed E-state index contributed by atoms with van der Waals surface area (Å²) in [6, 6.07) is 18.6. The highest BCUT2D eigenvalue weighted by Gasteiger charge is 2.21. The zero-order valence-electron chi connectivity index (χ0n) is 17.4. The third-order valence-electron chi connectivity index (χ3n) is 4.94. The van der Waals surface area contributed by atoms with Crippen LogP contribution in [0.5, 0.6) is 0 Å². The van der Waals surface area contributed by atoms with Gasteiger partial charge in [0.2, 0.25) is 0 Å². The fraction of sp³-hybridized carbons (Fsp3) is 0.0833. The molecule has 0 saturated carbocycles. The van der Waals surface area contributed by atoms with E-state index in [-0.39, 0.29) is 28.3 Å². The average Bonchev–Trinajstić information content (AvgIpc) is 3.13. The lowest BCUT2D eigenvalue weighted by atomic mass is 10.1. The summed E-state index contributed by atoms with van der Waals surface area (Å²) in [6.07, 6.45) is 0. The Morgan fingerprint density at radius 1 is 1.00 bits per heavy atom. The van der Waals surface area contributed by atoms with Crippen molar-refractivity contribution in [3.63, 3.8) is 0 Å². The number of hydrogen-bond donors (Lipinski definition) is 2. The molecule has 0 aliphatic carbocycles. The Morgan fingerprint density at radius 2 is 1.70 bits per heavy atom. The maximum atomic E-state index is 12.8. The van der Waals surface area contributed by atoms with Gasteiger partial charge >= 0.3 is 11.9 Å². The first-order chi connectivity index (χ1) is 15.7. The van der Waals surface area contributed by atoms with Crippen LogP contribution in [0.4, 0.5) is 5.69 Å². The molecule has 33 heavy (non-hydrogen) atoms. The molecule has 0 radical (unpaired) electrons. The van der Waals surface area contributed by atoms with Crippen molar-refractivity contribution in [2.24, 2.45) is 0 Å². The van der Waals surface area contributed by atoms with Gasteiger partial charge in [0.1, 0.15) is 23.5 Å². The number of carboxylic acids is 1. The second-order valence-corrected chi connectivity index (χ2v) is 8.92. The molecule has 3 aromatic carbocycles. The van der Waals surface area contributed by atoms with E-state index in [1.54, 1.807) is 13.0 Å². The highest BCUT2D eigenvalue weighted by atomic mass is 32.2. The molecule has 0 fully saturated rings. The summed E-state index contributed by atoms with van der Waals surface area (Å²) >= 11 is 0. The number of sulfonamides is 1. The zero-order chi connectivity index (χ0) is 23.6. The zero-order valence-corrected chi connectivity index (χ0v) is 18.3. The largest absolute Gasteiger partial charge is 0.478 e. The number of carboxylic acid groups (broad SMARTS) is 1. The molecule has 4 rings (SSSR count). The average molecular weight is 465 g/mol. The molecule has 0 amide bonds. The molecule has 0 aliphatic rings. The van der Waals surface area contributed by atoms with Gasteiger partial charge in [-0.15, -0.1) is 0 Å². The van der Waals surface area contributed by atoms with Crippen molar-refractivity contribution in [2.45, 2.75) is 18.4 Å². The van der Waals surface area contributed by atoms with Gasteiger partial charge in [-0.1, -0.05) is 30.3 Å². The summed E-state index contributed by atoms with van der Waals surface area (Å²) in [5.41, 5.74) is 1.64. The Balaban J connectivity index is 1.59. The van der Waals surface area contributed by atoms with Crippen LogP contribution in [0.25, 0.3) is 11.0 Å². The normalized spacial score (nSPS) is 11.3. The Hall–Kier alpha value is -4.11. The number of esters is 1. The first-order valence-electron chi connectivity index (χ1n) is 9.85. The second-order valence-electron chi connectivity index (χ2n) is 7.24. The van der Waals surface area contributed by atoms with Crippen LogP contribution in [0.3, 0.4) is 0 Å². The van der Waals surface area contributed by atoms with Gasteiger partial charge in [-0.3, -0.25) is 4.72 Å². The minimum atomic E-state index is -3.99. The topological polar surface area (TPSA) is 123 Å². The molecule has 0 spiro atoms. The number of ether oxygens (including phenoxy) is 1. The molecule has 0 atom stereocenters. The highest BCUT2D eigenvalue weighted by Crippen LogP contribution is 2.30. The van der Waals surface area contributed by atoms with Crippen LogP contribution in [0.2, 0.25) is 0 Å². The molecule has 9 heteroatoms. The van der Waals surface area contributed by atoms with Crippen LogP contribution >= 0.6 is 0 Å². The van der Waals surface area contributed by atoms with E-state index >= 15 is 0 Å². The van der Waals surface area contributed by atoms with Gasteiger partial charge in [-0.05, 0) is 55.0 Å². The van der Waals surface area contributed by atoms with Crippen LogP contribution in [0.15, 0.2) is 82.1 Å². The molecule has 2 N–H and O–H groups in total. The fourth-order valence-corrected chi connectivity index (χ4v) is 4.37. The molecule has 1 aromatic heterocycles. The molecule has 0 aliphatic heterocycles. The lowest BCUT2D eigenvalue weighted by molar-refractivity contribution is 0.0472. The number of carbonyl (C=O) groups excluding carboxylic acids is 1. The molecule has 1 heterocycles. The van der Waals surface area contributed by atoms with E-state index in [4.69, 9.17) is 14.3 Å². The molecule has 0 saturated heterocycles. The van der Waals surface area contributed by atoms with Gasteiger partial charge in [0.25, 0.3) is 10.0 Å². The summed E-state index contributed by atoms with van der Waals surface area (Å²) in [6.45, 7) is 1.72. The molecular formula is C24H19NO7S. The smallest absolute Gasteiger partial charge is 0.342 e. The van der Waals surface area contributed by atoms with Crippen LogP contribution in [-0.2, 0) is 21.4 Å². The Kier molecular flexibility index (Phi) is 5.89. The van der Waals surface area contributed by atoms with Crippen molar-refractivity contribution < 1.29 is 32.3 Å². The number of aromatic carboxylic acids is 1. The maximum absolute atomic E-state index is 12.8. The number of furan rings is 1. The molecular weight excluding hydrogens is 446 g/mol. The predicted molar refractivity (Wildman–Crippen MR) is 121 cm³/mol. The number of fused-ring (bicyclic) bond motifs is 1. The molecule has 8 nitrogen and oxygen atoms in total. The minimum Gasteiger partial charge on any atom is -0.478 e. The van der Waals surface area contributed by atoms with E-state index < -0.39 is 22.0 Å². The van der Waals surface area contributed by atoms with Crippen LogP contribution in [0.1, 0.15) is 32.0 Å². The first-order valence-corrected chi connectivity index (χ1v) is 11.3. The molecule has 4 aromatic rings. The maximum Gasteiger partial charge on any atom is 0.342 e. The van der Waals surface area contributed by atoms with E-state index in [2.05, 4.69) is 4.72 Å². The summed E-state index contributed by atoms with van der Waals surface area (Å²) in [5, 5.41) is 9.39. The quantitative estimate of drug-likeness (QED) is 0.383. The molecule has 0 unspecified atom stereocenters. The summed E-state index contributed by atoms with van der Waals surface area (Å²) < 4.78 is 39.0. The van der Waals surface area contributed by atoms with Gasteiger partial charge in [-0.2, -0.15) is 0 Å². The molecule has 168 valence electrons. The summed E-state index contributed by atoms with van der Waals surface area (Å²) in [5.74, 6) is -1.38. The Labute approximate surface area is 189 Å². The standard InChI is InChI=1S/C24H19NO7S/c1-15-22(24(28)31-14-16-5-3-2-4-6-16)20-13-18(9-12-21(20)32-15)25-33(29,30)19-10-7-17(8-11-19)23(26)27/h2-13,25H,14H2,1H3,(H,26,27). The third-order valence-corrected chi connectivity index (χ3v) is 6.34. The lowest BCUT2D eigenvalue weighted by Crippen LogP contribution is -2.13. The van der Waals surface area contributed by atoms with Gasteiger partial charge in [0.15, 0.2) is 0 Å². The van der Waals surface area contributed by atoms with Crippen molar-refractivity contribution in [2.75, 3.05) is 4.72 Å². The number of carbonyl (C=O) groups is 2. The van der Waals surface area contributed by atoms with Gasteiger partial charge in [0, 0.05) is 11.1 Å². The van der Waals surface area contributed by atoms with E-state index in [1.807, 2.05) is 30.3 Å².